The molecular weight excluding hydrogens is 198 g/mol. The predicted molar refractivity (Wildman–Crippen MR) is 66.8 cm³/mol. The SMILES string of the molecule is CC(C)c1cc2nc(C(C)(C)C)ccc2o1. The summed E-state index contributed by atoms with van der Waals surface area (Å²) in [5.41, 5.74) is 3.05. The van der Waals surface area contributed by atoms with E-state index in [1.54, 1.807) is 0 Å². The average Bonchev–Trinajstić information content (AvgIpc) is 2.58. The molecule has 16 heavy (non-hydrogen) atoms. The van der Waals surface area contributed by atoms with Gasteiger partial charge < -0.3 is 4.42 Å². The standard InChI is InChI=1S/C14H19NO/c1-9(2)12-8-10-11(16-12)6-7-13(15-10)14(3,4)5/h6-9H,1-5H3. The summed E-state index contributed by atoms with van der Waals surface area (Å²) in [6, 6.07) is 6.12. The third-order valence-corrected chi connectivity index (χ3v) is 2.73. The minimum atomic E-state index is 0.0868. The van der Waals surface area contributed by atoms with Crippen LogP contribution >= 0.6 is 0 Å². The van der Waals surface area contributed by atoms with Gasteiger partial charge in [0.25, 0.3) is 0 Å². The first-order valence-electron chi connectivity index (χ1n) is 5.79. The number of hydrogen-bond acceptors (Lipinski definition) is 2. The first kappa shape index (κ1) is 11.2. The lowest BCUT2D eigenvalue weighted by Crippen LogP contribution is -2.12. The predicted octanol–water partition coefficient (Wildman–Crippen LogP) is 4.25. The fourth-order valence-electron chi connectivity index (χ4n) is 1.65. The quantitative estimate of drug-likeness (QED) is 0.713. The number of pyridine rings is 1. The summed E-state index contributed by atoms with van der Waals surface area (Å²) in [4.78, 5) is 4.66. The molecule has 0 saturated heterocycles. The highest BCUT2D eigenvalue weighted by Crippen LogP contribution is 2.27. The number of fused-ring (bicyclic) bond motifs is 1. The van der Waals surface area contributed by atoms with Gasteiger partial charge in [-0.25, -0.2) is 4.98 Å². The minimum absolute atomic E-state index is 0.0868. The van der Waals surface area contributed by atoms with Gasteiger partial charge >= 0.3 is 0 Å². The van der Waals surface area contributed by atoms with Crippen molar-refractivity contribution in [3.63, 3.8) is 0 Å². The topological polar surface area (TPSA) is 26.0 Å². The van der Waals surface area contributed by atoms with Crippen LogP contribution in [0.3, 0.4) is 0 Å². The first-order valence-corrected chi connectivity index (χ1v) is 5.79. The highest BCUT2D eigenvalue weighted by Gasteiger charge is 2.17. The van der Waals surface area contributed by atoms with Crippen molar-refractivity contribution in [2.75, 3.05) is 0 Å². The van der Waals surface area contributed by atoms with Crippen LogP contribution in [0.2, 0.25) is 0 Å². The van der Waals surface area contributed by atoms with Gasteiger partial charge in [-0.15, -0.1) is 0 Å². The molecule has 0 aliphatic heterocycles. The second-order valence-electron chi connectivity index (χ2n) is 5.63. The van der Waals surface area contributed by atoms with Crippen LogP contribution in [0.4, 0.5) is 0 Å². The van der Waals surface area contributed by atoms with Crippen LogP contribution in [0.1, 0.15) is 52.0 Å². The van der Waals surface area contributed by atoms with Crippen LogP contribution in [0.5, 0.6) is 0 Å². The average molecular weight is 217 g/mol. The summed E-state index contributed by atoms with van der Waals surface area (Å²) in [5, 5.41) is 0. The third kappa shape index (κ3) is 1.97. The first-order chi connectivity index (χ1) is 7.38. The monoisotopic (exact) mass is 217 g/mol. The van der Waals surface area contributed by atoms with Crippen molar-refractivity contribution in [3.05, 3.63) is 29.7 Å². The van der Waals surface area contributed by atoms with Crippen molar-refractivity contribution >= 4 is 11.1 Å². The van der Waals surface area contributed by atoms with Gasteiger partial charge in [0.15, 0.2) is 5.58 Å². The van der Waals surface area contributed by atoms with Crippen molar-refractivity contribution in [3.8, 4) is 0 Å². The fraction of sp³-hybridized carbons (Fsp3) is 0.500. The molecule has 0 spiro atoms. The highest BCUT2D eigenvalue weighted by atomic mass is 16.3. The van der Waals surface area contributed by atoms with Crippen molar-refractivity contribution in [1.29, 1.82) is 0 Å². The van der Waals surface area contributed by atoms with Crippen LogP contribution in [0.25, 0.3) is 11.1 Å². The van der Waals surface area contributed by atoms with E-state index in [1.807, 2.05) is 6.07 Å². The Morgan fingerprint density at radius 2 is 1.88 bits per heavy atom. The summed E-state index contributed by atoms with van der Waals surface area (Å²) in [6.07, 6.45) is 0. The molecule has 0 aliphatic carbocycles. The molecule has 0 saturated carbocycles. The van der Waals surface area contributed by atoms with Crippen LogP contribution in [-0.4, -0.2) is 4.98 Å². The zero-order valence-corrected chi connectivity index (χ0v) is 10.7. The van der Waals surface area contributed by atoms with E-state index >= 15 is 0 Å². The lowest BCUT2D eigenvalue weighted by molar-refractivity contribution is 0.521. The maximum atomic E-state index is 5.73. The molecule has 0 fully saturated rings. The molecule has 0 N–H and O–H groups in total. The second kappa shape index (κ2) is 3.62. The van der Waals surface area contributed by atoms with Gasteiger partial charge in [-0.05, 0) is 12.1 Å². The van der Waals surface area contributed by atoms with Crippen LogP contribution in [0.15, 0.2) is 22.6 Å². The summed E-state index contributed by atoms with van der Waals surface area (Å²) in [5.74, 6) is 1.42. The number of rotatable bonds is 1. The number of hydrogen-bond donors (Lipinski definition) is 0. The fourth-order valence-corrected chi connectivity index (χ4v) is 1.65. The second-order valence-corrected chi connectivity index (χ2v) is 5.63. The molecule has 0 radical (unpaired) electrons. The zero-order valence-electron chi connectivity index (χ0n) is 10.7. The third-order valence-electron chi connectivity index (χ3n) is 2.73. The molecule has 0 unspecified atom stereocenters. The summed E-state index contributed by atoms with van der Waals surface area (Å²) >= 11 is 0. The lowest BCUT2D eigenvalue weighted by atomic mass is 9.91. The maximum absolute atomic E-state index is 5.73. The molecule has 2 aromatic heterocycles. The molecule has 0 amide bonds. The molecule has 2 nitrogen and oxygen atoms in total. The molecule has 0 aromatic carbocycles. The highest BCUT2D eigenvalue weighted by molar-refractivity contribution is 5.73. The van der Waals surface area contributed by atoms with E-state index in [9.17, 15) is 0 Å². The normalized spacial score (nSPS) is 12.6. The summed E-state index contributed by atoms with van der Waals surface area (Å²) in [6.45, 7) is 10.8. The van der Waals surface area contributed by atoms with E-state index < -0.39 is 0 Å². The van der Waals surface area contributed by atoms with E-state index in [0.717, 1.165) is 22.6 Å². The molecular formula is C14H19NO. The lowest BCUT2D eigenvalue weighted by Gasteiger charge is -2.16. The number of aromatic nitrogens is 1. The zero-order chi connectivity index (χ0) is 11.9. The molecule has 86 valence electrons. The number of furan rings is 1. The Morgan fingerprint density at radius 1 is 1.19 bits per heavy atom. The number of nitrogens with zero attached hydrogens (tertiary/aromatic N) is 1. The molecule has 0 atom stereocenters. The van der Waals surface area contributed by atoms with E-state index in [4.69, 9.17) is 4.42 Å². The Balaban J connectivity index is 2.54. The molecule has 0 bridgehead atoms. The van der Waals surface area contributed by atoms with E-state index in [2.05, 4.69) is 51.7 Å². The van der Waals surface area contributed by atoms with Crippen LogP contribution in [-0.2, 0) is 5.41 Å². The molecule has 2 aromatic rings. The Hall–Kier alpha value is -1.31. The van der Waals surface area contributed by atoms with Gasteiger partial charge in [0.1, 0.15) is 11.3 Å². The van der Waals surface area contributed by atoms with Gasteiger partial charge in [0.05, 0.1) is 0 Å². The van der Waals surface area contributed by atoms with Gasteiger partial charge in [0.2, 0.25) is 0 Å². The Bertz CT molecular complexity index is 503. The Kier molecular flexibility index (Phi) is 2.53. The van der Waals surface area contributed by atoms with E-state index in [-0.39, 0.29) is 5.41 Å². The minimum Gasteiger partial charge on any atom is -0.459 e. The van der Waals surface area contributed by atoms with Crippen molar-refractivity contribution in [2.45, 2.75) is 46.0 Å². The van der Waals surface area contributed by atoms with E-state index in [0.29, 0.717) is 5.92 Å². The smallest absolute Gasteiger partial charge is 0.152 e. The van der Waals surface area contributed by atoms with Crippen LogP contribution < -0.4 is 0 Å². The Morgan fingerprint density at radius 3 is 2.44 bits per heavy atom. The van der Waals surface area contributed by atoms with Crippen molar-refractivity contribution < 1.29 is 4.42 Å². The molecule has 2 heterocycles. The van der Waals surface area contributed by atoms with Gasteiger partial charge in [-0.3, -0.25) is 0 Å². The van der Waals surface area contributed by atoms with E-state index in [1.165, 1.54) is 0 Å². The van der Waals surface area contributed by atoms with Gasteiger partial charge in [-0.1, -0.05) is 34.6 Å². The molecule has 2 rings (SSSR count). The summed E-state index contributed by atoms with van der Waals surface area (Å²) in [7, 11) is 0. The van der Waals surface area contributed by atoms with Gasteiger partial charge in [-0.2, -0.15) is 0 Å². The van der Waals surface area contributed by atoms with Crippen molar-refractivity contribution in [2.24, 2.45) is 0 Å². The Labute approximate surface area is 96.7 Å². The van der Waals surface area contributed by atoms with Crippen LogP contribution in [0, 0.1) is 0 Å². The maximum Gasteiger partial charge on any atom is 0.152 e. The van der Waals surface area contributed by atoms with Crippen molar-refractivity contribution in [1.82, 2.24) is 4.98 Å². The molecule has 0 aliphatic rings. The molecule has 2 heteroatoms. The summed E-state index contributed by atoms with van der Waals surface area (Å²) < 4.78 is 5.73. The van der Waals surface area contributed by atoms with Gasteiger partial charge in [0, 0.05) is 23.1 Å². The largest absolute Gasteiger partial charge is 0.459 e.